The molecule has 0 saturated carbocycles. The first kappa shape index (κ1) is 26.2. The molecular formula is C28H30N4O4. The number of nitrogen functional groups attached to an aromatic ring is 1. The molecule has 3 aromatic carbocycles. The molecule has 2 amide bonds. The third kappa shape index (κ3) is 7.27. The van der Waals surface area contributed by atoms with Crippen LogP contribution in [0, 0.1) is 5.41 Å². The second-order valence-electron chi connectivity index (χ2n) is 8.07. The lowest BCUT2D eigenvalue weighted by Gasteiger charge is -2.24. The van der Waals surface area contributed by atoms with E-state index in [1.807, 2.05) is 60.7 Å². The van der Waals surface area contributed by atoms with Gasteiger partial charge in [-0.2, -0.15) is 0 Å². The van der Waals surface area contributed by atoms with Crippen molar-refractivity contribution >= 4 is 35.0 Å². The van der Waals surface area contributed by atoms with Gasteiger partial charge in [0.1, 0.15) is 5.84 Å². The van der Waals surface area contributed by atoms with Crippen LogP contribution in [0.1, 0.15) is 43.4 Å². The van der Waals surface area contributed by atoms with Crippen LogP contribution in [-0.2, 0) is 19.1 Å². The predicted octanol–water partition coefficient (Wildman–Crippen LogP) is 4.23. The molecule has 1 unspecified atom stereocenters. The van der Waals surface area contributed by atoms with E-state index >= 15 is 0 Å². The number of nitrogens with two attached hydrogens (primary N) is 1. The largest absolute Gasteiger partial charge is 0.466 e. The van der Waals surface area contributed by atoms with E-state index in [9.17, 15) is 14.4 Å². The molecule has 0 bridgehead atoms. The highest BCUT2D eigenvalue weighted by Gasteiger charge is 2.22. The number of benzene rings is 3. The first-order valence-electron chi connectivity index (χ1n) is 11.7. The number of nitrogens with one attached hydrogen (secondary N) is 2. The van der Waals surface area contributed by atoms with Gasteiger partial charge in [0, 0.05) is 29.8 Å². The number of hydrogen-bond acceptors (Lipinski definition) is 5. The Bertz CT molecular complexity index is 1180. The number of anilines is 2. The van der Waals surface area contributed by atoms with Crippen LogP contribution in [0.25, 0.3) is 0 Å². The third-order valence-electron chi connectivity index (χ3n) is 5.48. The Morgan fingerprint density at radius 3 is 2.06 bits per heavy atom. The lowest BCUT2D eigenvalue weighted by atomic mass is 10.0. The maximum Gasteiger partial charge on any atom is 0.308 e. The second-order valence-corrected chi connectivity index (χ2v) is 8.07. The number of amides is 2. The van der Waals surface area contributed by atoms with Crippen molar-refractivity contribution in [3.05, 3.63) is 96.1 Å². The smallest absolute Gasteiger partial charge is 0.308 e. The zero-order valence-corrected chi connectivity index (χ0v) is 20.1. The average molecular weight is 487 g/mol. The Balaban J connectivity index is 1.72. The molecule has 0 aliphatic rings. The highest BCUT2D eigenvalue weighted by Crippen LogP contribution is 2.27. The van der Waals surface area contributed by atoms with E-state index in [0.29, 0.717) is 16.9 Å². The summed E-state index contributed by atoms with van der Waals surface area (Å²) in [6, 6.07) is 24.5. The standard InChI is InChI=1S/C28H30N4O4/c1-2-36-27(35)19-24(20-9-5-3-6-10-20)31-25(33)17-18-26(34)32(22-11-7-4-8-12-22)23-15-13-21(14-16-23)28(29)30/h3-16,24H,2,17-19H2,1H3,(H3,29,30)(H,31,33). The molecule has 8 nitrogen and oxygen atoms in total. The maximum absolute atomic E-state index is 13.3. The van der Waals surface area contributed by atoms with E-state index in [-0.39, 0.29) is 43.5 Å². The van der Waals surface area contributed by atoms with E-state index in [1.54, 1.807) is 31.2 Å². The van der Waals surface area contributed by atoms with Crippen molar-refractivity contribution in [3.63, 3.8) is 0 Å². The summed E-state index contributed by atoms with van der Waals surface area (Å²) < 4.78 is 5.05. The summed E-state index contributed by atoms with van der Waals surface area (Å²) in [5, 5.41) is 10.5. The van der Waals surface area contributed by atoms with Gasteiger partial charge in [0.25, 0.3) is 0 Å². The summed E-state index contributed by atoms with van der Waals surface area (Å²) in [5.74, 6) is -1.09. The maximum atomic E-state index is 13.3. The second kappa shape index (κ2) is 12.9. The molecule has 0 heterocycles. The molecule has 0 saturated heterocycles. The van der Waals surface area contributed by atoms with Crippen LogP contribution in [0.4, 0.5) is 11.4 Å². The fourth-order valence-corrected chi connectivity index (χ4v) is 3.73. The number of hydrogen-bond donors (Lipinski definition) is 3. The molecule has 0 fully saturated rings. The highest BCUT2D eigenvalue weighted by molar-refractivity contribution is 6.02. The summed E-state index contributed by atoms with van der Waals surface area (Å²) >= 11 is 0. The third-order valence-corrected chi connectivity index (χ3v) is 5.48. The molecule has 0 radical (unpaired) electrons. The number of carbonyl (C=O) groups excluding carboxylic acids is 3. The fraction of sp³-hybridized carbons (Fsp3) is 0.214. The molecule has 8 heteroatoms. The summed E-state index contributed by atoms with van der Waals surface area (Å²) in [6.07, 6.45) is -0.105. The number of para-hydroxylation sites is 1. The van der Waals surface area contributed by atoms with Gasteiger partial charge in [-0.25, -0.2) is 0 Å². The number of carbonyl (C=O) groups is 3. The van der Waals surface area contributed by atoms with Crippen molar-refractivity contribution in [2.45, 2.75) is 32.2 Å². The molecule has 186 valence electrons. The Morgan fingerprint density at radius 2 is 1.47 bits per heavy atom. The topological polar surface area (TPSA) is 126 Å². The van der Waals surface area contributed by atoms with Crippen LogP contribution in [0.3, 0.4) is 0 Å². The molecule has 36 heavy (non-hydrogen) atoms. The number of amidine groups is 1. The van der Waals surface area contributed by atoms with Crippen LogP contribution in [0.15, 0.2) is 84.9 Å². The Hall–Kier alpha value is -4.46. The van der Waals surface area contributed by atoms with Crippen molar-refractivity contribution in [2.24, 2.45) is 5.73 Å². The van der Waals surface area contributed by atoms with Crippen LogP contribution in [0.2, 0.25) is 0 Å². The summed E-state index contributed by atoms with van der Waals surface area (Å²) in [7, 11) is 0. The molecule has 0 spiro atoms. The minimum atomic E-state index is -0.558. The number of esters is 1. The van der Waals surface area contributed by atoms with Gasteiger partial charge in [-0.05, 0) is 48.9 Å². The quantitative estimate of drug-likeness (QED) is 0.212. The van der Waals surface area contributed by atoms with Crippen molar-refractivity contribution < 1.29 is 19.1 Å². The molecule has 4 N–H and O–H groups in total. The monoisotopic (exact) mass is 486 g/mol. The van der Waals surface area contributed by atoms with Gasteiger partial charge in [0.2, 0.25) is 11.8 Å². The van der Waals surface area contributed by atoms with E-state index in [0.717, 1.165) is 5.56 Å². The van der Waals surface area contributed by atoms with Gasteiger partial charge < -0.3 is 15.8 Å². The highest BCUT2D eigenvalue weighted by atomic mass is 16.5. The van der Waals surface area contributed by atoms with E-state index in [4.69, 9.17) is 15.9 Å². The van der Waals surface area contributed by atoms with Crippen LogP contribution in [0.5, 0.6) is 0 Å². The van der Waals surface area contributed by atoms with Gasteiger partial charge >= 0.3 is 5.97 Å². The number of rotatable bonds is 11. The molecule has 0 aromatic heterocycles. The normalized spacial score (nSPS) is 11.2. The molecule has 3 rings (SSSR count). The van der Waals surface area contributed by atoms with E-state index in [1.165, 1.54) is 4.90 Å². The molecule has 1 atom stereocenters. The Kier molecular flexibility index (Phi) is 9.33. The minimum absolute atomic E-state index is 0.00379. The SMILES string of the molecule is CCOC(=O)CC(NC(=O)CCC(=O)N(c1ccccc1)c1ccc(C(=N)N)cc1)c1ccccc1. The van der Waals surface area contributed by atoms with Gasteiger partial charge in [-0.3, -0.25) is 24.7 Å². The van der Waals surface area contributed by atoms with Crippen molar-refractivity contribution in [3.8, 4) is 0 Å². The zero-order valence-electron chi connectivity index (χ0n) is 20.1. The predicted molar refractivity (Wildman–Crippen MR) is 139 cm³/mol. The Labute approximate surface area is 210 Å². The van der Waals surface area contributed by atoms with Gasteiger partial charge in [0.15, 0.2) is 0 Å². The van der Waals surface area contributed by atoms with Crippen LogP contribution in [-0.4, -0.2) is 30.2 Å². The van der Waals surface area contributed by atoms with Gasteiger partial charge in [0.05, 0.1) is 19.1 Å². The van der Waals surface area contributed by atoms with Crippen molar-refractivity contribution in [1.29, 1.82) is 5.41 Å². The van der Waals surface area contributed by atoms with Crippen LogP contribution >= 0.6 is 0 Å². The molecule has 0 aliphatic heterocycles. The van der Waals surface area contributed by atoms with E-state index < -0.39 is 12.0 Å². The molecule has 3 aromatic rings. The lowest BCUT2D eigenvalue weighted by Crippen LogP contribution is -2.32. The zero-order chi connectivity index (χ0) is 25.9. The average Bonchev–Trinajstić information content (AvgIpc) is 2.89. The first-order valence-corrected chi connectivity index (χ1v) is 11.7. The van der Waals surface area contributed by atoms with Gasteiger partial charge in [-0.1, -0.05) is 48.5 Å². The Morgan fingerprint density at radius 1 is 0.889 bits per heavy atom. The lowest BCUT2D eigenvalue weighted by molar-refractivity contribution is -0.144. The first-order chi connectivity index (χ1) is 17.4. The van der Waals surface area contributed by atoms with Crippen LogP contribution < -0.4 is 16.0 Å². The van der Waals surface area contributed by atoms with Gasteiger partial charge in [-0.15, -0.1) is 0 Å². The van der Waals surface area contributed by atoms with Crippen molar-refractivity contribution in [2.75, 3.05) is 11.5 Å². The number of nitrogens with zero attached hydrogens (tertiary/aromatic N) is 1. The fourth-order valence-electron chi connectivity index (χ4n) is 3.73. The summed E-state index contributed by atoms with van der Waals surface area (Å²) in [6.45, 7) is 1.98. The molecule has 0 aliphatic carbocycles. The summed E-state index contributed by atoms with van der Waals surface area (Å²) in [5.41, 5.74) is 8.13. The number of ether oxygens (including phenoxy) is 1. The van der Waals surface area contributed by atoms with Crippen molar-refractivity contribution in [1.82, 2.24) is 5.32 Å². The minimum Gasteiger partial charge on any atom is -0.466 e. The molecular weight excluding hydrogens is 456 g/mol. The van der Waals surface area contributed by atoms with E-state index in [2.05, 4.69) is 5.32 Å². The summed E-state index contributed by atoms with van der Waals surface area (Å²) in [4.78, 5) is 39.7.